The first-order valence-electron chi connectivity index (χ1n) is 8.46. The van der Waals surface area contributed by atoms with E-state index in [0.29, 0.717) is 16.6 Å². The summed E-state index contributed by atoms with van der Waals surface area (Å²) in [7, 11) is -1.38. The molecule has 9 heteroatoms. The van der Waals surface area contributed by atoms with Gasteiger partial charge in [0.1, 0.15) is 0 Å². The molecule has 1 fully saturated rings. The molecule has 1 aliphatic heterocycles. The molecule has 0 spiro atoms. The quantitative estimate of drug-likeness (QED) is 0.703. The fourth-order valence-corrected chi connectivity index (χ4v) is 3.82. The van der Waals surface area contributed by atoms with E-state index in [2.05, 4.69) is 15.5 Å². The molecule has 0 atom stereocenters. The van der Waals surface area contributed by atoms with Crippen LogP contribution in [0.3, 0.4) is 0 Å². The van der Waals surface area contributed by atoms with Gasteiger partial charge in [0.25, 0.3) is 0 Å². The Morgan fingerprint density at radius 3 is 2.54 bits per heavy atom. The van der Waals surface area contributed by atoms with Gasteiger partial charge >= 0.3 is 0 Å². The molecule has 0 bridgehead atoms. The normalized spacial score (nSPS) is 16.1. The summed E-state index contributed by atoms with van der Waals surface area (Å²) < 4.78 is 23.3. The average molecular weight is 424 g/mol. The average Bonchev–Trinajstić information content (AvgIpc) is 2.55. The molecular weight excluding hydrogens is 397 g/mol. The molecule has 1 saturated heterocycles. The number of hydrogen-bond acceptors (Lipinski definition) is 5. The summed E-state index contributed by atoms with van der Waals surface area (Å²) in [4.78, 5) is 14.5. The van der Waals surface area contributed by atoms with Crippen LogP contribution in [0.5, 0.6) is 0 Å². The third-order valence-corrected chi connectivity index (χ3v) is 5.96. The van der Waals surface area contributed by atoms with E-state index in [0.717, 1.165) is 38.7 Å². The summed E-state index contributed by atoms with van der Waals surface area (Å²) in [5.74, 6) is 0.536. The summed E-state index contributed by atoms with van der Waals surface area (Å²) in [6, 6.07) is 4.32. The van der Waals surface area contributed by atoms with E-state index >= 15 is 0 Å². The van der Waals surface area contributed by atoms with Crippen LogP contribution in [-0.2, 0) is 14.6 Å². The zero-order valence-electron chi connectivity index (χ0n) is 15.1. The number of anilines is 1. The Kier molecular flexibility index (Phi) is 9.33. The van der Waals surface area contributed by atoms with Crippen LogP contribution < -0.4 is 10.6 Å². The minimum absolute atomic E-state index is 0. The summed E-state index contributed by atoms with van der Waals surface area (Å²) in [5, 5.41) is 6.23. The Morgan fingerprint density at radius 2 is 1.96 bits per heavy atom. The van der Waals surface area contributed by atoms with Crippen molar-refractivity contribution < 1.29 is 13.2 Å². The minimum atomic E-state index is -3.34. The second-order valence-electron chi connectivity index (χ2n) is 6.57. The van der Waals surface area contributed by atoms with Crippen molar-refractivity contribution >= 4 is 45.4 Å². The highest BCUT2D eigenvalue weighted by atomic mass is 35.5. The highest BCUT2D eigenvalue weighted by molar-refractivity contribution is 7.90. The molecule has 0 saturated carbocycles. The Morgan fingerprint density at radius 1 is 1.31 bits per heavy atom. The van der Waals surface area contributed by atoms with Crippen molar-refractivity contribution in [2.24, 2.45) is 5.92 Å². The number of rotatable bonds is 7. The predicted octanol–water partition coefficient (Wildman–Crippen LogP) is 2.43. The van der Waals surface area contributed by atoms with E-state index in [4.69, 9.17) is 11.6 Å². The van der Waals surface area contributed by atoms with Crippen LogP contribution in [-0.4, -0.2) is 58.7 Å². The molecule has 2 rings (SSSR count). The third kappa shape index (κ3) is 7.04. The lowest BCUT2D eigenvalue weighted by atomic mass is 9.93. The molecule has 1 aliphatic rings. The van der Waals surface area contributed by atoms with Crippen molar-refractivity contribution in [3.05, 3.63) is 23.2 Å². The van der Waals surface area contributed by atoms with Crippen LogP contribution in [0.4, 0.5) is 5.69 Å². The predicted molar refractivity (Wildman–Crippen MR) is 108 cm³/mol. The van der Waals surface area contributed by atoms with Crippen LogP contribution in [0, 0.1) is 5.92 Å². The number of likely N-dealkylation sites (tertiary alicyclic amines) is 1. The number of carbonyl (C=O) groups is 1. The van der Waals surface area contributed by atoms with Crippen LogP contribution in [0.1, 0.15) is 19.3 Å². The van der Waals surface area contributed by atoms with Gasteiger partial charge in [-0.1, -0.05) is 11.6 Å². The van der Waals surface area contributed by atoms with Gasteiger partial charge < -0.3 is 10.6 Å². The second-order valence-corrected chi connectivity index (χ2v) is 9.00. The molecule has 1 aromatic rings. The molecule has 0 radical (unpaired) electrons. The Balaban J connectivity index is 0.00000338. The van der Waals surface area contributed by atoms with Crippen molar-refractivity contribution in [3.63, 3.8) is 0 Å². The largest absolute Gasteiger partial charge is 0.324 e. The number of nitrogens with one attached hydrogen (secondary N) is 2. The third-order valence-electron chi connectivity index (χ3n) is 4.52. The smallest absolute Gasteiger partial charge is 0.238 e. The number of nitrogens with zero attached hydrogens (tertiary/aromatic N) is 1. The van der Waals surface area contributed by atoms with Gasteiger partial charge in [0.2, 0.25) is 5.91 Å². The zero-order valence-corrected chi connectivity index (χ0v) is 17.5. The topological polar surface area (TPSA) is 78.5 Å². The zero-order chi connectivity index (χ0) is 18.4. The van der Waals surface area contributed by atoms with Gasteiger partial charge in [0.05, 0.1) is 22.2 Å². The van der Waals surface area contributed by atoms with Crippen molar-refractivity contribution in [1.82, 2.24) is 10.2 Å². The molecule has 6 nitrogen and oxygen atoms in total. The molecule has 1 aromatic carbocycles. The second kappa shape index (κ2) is 10.5. The van der Waals surface area contributed by atoms with E-state index < -0.39 is 9.84 Å². The Bertz CT molecular complexity index is 705. The van der Waals surface area contributed by atoms with E-state index in [1.165, 1.54) is 24.6 Å². The standard InChI is InChI=1S/C17H26ClN3O3S.ClH/c1-19-8-5-13-6-9-21(10-7-13)12-17(22)20-16-11-14(25(2,23)24)3-4-15(16)18;/h3-4,11,13,19H,5-10,12H2,1-2H3,(H,20,22);1H. The van der Waals surface area contributed by atoms with Gasteiger partial charge in [-0.05, 0) is 70.1 Å². The van der Waals surface area contributed by atoms with Gasteiger partial charge in [0, 0.05) is 6.26 Å². The molecule has 148 valence electrons. The molecule has 2 N–H and O–H groups in total. The lowest BCUT2D eigenvalue weighted by molar-refractivity contribution is -0.117. The van der Waals surface area contributed by atoms with Gasteiger partial charge in [-0.2, -0.15) is 0 Å². The summed E-state index contributed by atoms with van der Waals surface area (Å²) >= 11 is 6.07. The van der Waals surface area contributed by atoms with Crippen molar-refractivity contribution in [2.45, 2.75) is 24.2 Å². The number of piperidine rings is 1. The molecule has 0 unspecified atom stereocenters. The maximum Gasteiger partial charge on any atom is 0.238 e. The van der Waals surface area contributed by atoms with Crippen LogP contribution >= 0.6 is 24.0 Å². The SMILES string of the molecule is CNCCC1CCN(CC(=O)Nc2cc(S(C)(=O)=O)ccc2Cl)CC1.Cl. The van der Waals surface area contributed by atoms with Crippen LogP contribution in [0.15, 0.2) is 23.1 Å². The highest BCUT2D eigenvalue weighted by Crippen LogP contribution is 2.25. The number of hydrogen-bond donors (Lipinski definition) is 2. The maximum atomic E-state index is 12.3. The van der Waals surface area contributed by atoms with Gasteiger partial charge in [-0.15, -0.1) is 12.4 Å². The molecule has 0 aromatic heterocycles. The van der Waals surface area contributed by atoms with E-state index in [9.17, 15) is 13.2 Å². The lowest BCUT2D eigenvalue weighted by Crippen LogP contribution is -2.39. The molecule has 26 heavy (non-hydrogen) atoms. The first kappa shape index (κ1) is 23.2. The van der Waals surface area contributed by atoms with Crippen LogP contribution in [0.25, 0.3) is 0 Å². The fourth-order valence-electron chi connectivity index (χ4n) is 3.01. The van der Waals surface area contributed by atoms with E-state index in [1.807, 2.05) is 7.05 Å². The molecule has 1 heterocycles. The first-order valence-corrected chi connectivity index (χ1v) is 10.7. The lowest BCUT2D eigenvalue weighted by Gasteiger charge is -2.31. The monoisotopic (exact) mass is 423 g/mol. The Hall–Kier alpha value is -0.860. The number of benzene rings is 1. The summed E-state index contributed by atoms with van der Waals surface area (Å²) in [5.41, 5.74) is 0.332. The van der Waals surface area contributed by atoms with E-state index in [1.54, 1.807) is 0 Å². The summed E-state index contributed by atoms with van der Waals surface area (Å²) in [6.07, 6.45) is 4.49. The van der Waals surface area contributed by atoms with Crippen molar-refractivity contribution in [3.8, 4) is 0 Å². The number of sulfone groups is 1. The number of carbonyl (C=O) groups excluding carboxylic acids is 1. The molecule has 1 amide bonds. The van der Waals surface area contributed by atoms with Gasteiger partial charge in [-0.3, -0.25) is 9.69 Å². The maximum absolute atomic E-state index is 12.3. The summed E-state index contributed by atoms with van der Waals surface area (Å²) in [6.45, 7) is 3.12. The van der Waals surface area contributed by atoms with Crippen molar-refractivity contribution in [2.75, 3.05) is 44.8 Å². The molecular formula is C17H27Cl2N3O3S. The molecule has 0 aliphatic carbocycles. The number of halogens is 2. The van der Waals surface area contributed by atoms with Gasteiger partial charge in [-0.25, -0.2) is 8.42 Å². The van der Waals surface area contributed by atoms with E-state index in [-0.39, 0.29) is 29.8 Å². The Labute approximate surface area is 167 Å². The first-order chi connectivity index (χ1) is 11.8. The van der Waals surface area contributed by atoms with Crippen LogP contribution in [0.2, 0.25) is 5.02 Å². The highest BCUT2D eigenvalue weighted by Gasteiger charge is 2.21. The minimum Gasteiger partial charge on any atom is -0.324 e. The van der Waals surface area contributed by atoms with Crippen molar-refractivity contribution in [1.29, 1.82) is 0 Å². The fraction of sp³-hybridized carbons (Fsp3) is 0.588. The number of amides is 1. The van der Waals surface area contributed by atoms with Gasteiger partial charge in [0.15, 0.2) is 9.84 Å².